The molecule has 314 valence electrons. The van der Waals surface area contributed by atoms with Crippen molar-refractivity contribution in [3.63, 3.8) is 0 Å². The Hall–Kier alpha value is -6.91. The fourth-order valence-corrected chi connectivity index (χ4v) is 7.77. The SMILES string of the molecule is CCCCCCC(=NOC(=O)c1ccccc1)C(=O)c1ccc(Sc2ccccc2)cc1.CCn1c2ccc(/C=N/OC(C)=O)cc2c2cc(C(=O)c3ccccc3C)ccc21. The zero-order chi connectivity index (χ0) is 43.8. The summed E-state index contributed by atoms with van der Waals surface area (Å²) in [5, 5.41) is 9.73. The maximum absolute atomic E-state index is 13.1. The second-order valence-electron chi connectivity index (χ2n) is 14.6. The van der Waals surface area contributed by atoms with Crippen molar-refractivity contribution in [3.8, 4) is 0 Å². The van der Waals surface area contributed by atoms with Crippen LogP contribution in [0.4, 0.5) is 0 Å². The molecule has 0 unspecified atom stereocenters. The smallest absolute Gasteiger partial charge is 0.341 e. The van der Waals surface area contributed by atoms with Gasteiger partial charge in [-0.05, 0) is 117 Å². The zero-order valence-corrected chi connectivity index (χ0v) is 36.2. The molecule has 0 aliphatic heterocycles. The van der Waals surface area contributed by atoms with Gasteiger partial charge in [-0.15, -0.1) is 0 Å². The van der Waals surface area contributed by atoms with Gasteiger partial charge in [0.1, 0.15) is 5.71 Å². The Morgan fingerprint density at radius 1 is 0.645 bits per heavy atom. The summed E-state index contributed by atoms with van der Waals surface area (Å²) in [6.07, 6.45) is 6.01. The molecule has 7 rings (SSSR count). The average Bonchev–Trinajstić information content (AvgIpc) is 3.61. The molecule has 7 aromatic rings. The van der Waals surface area contributed by atoms with Crippen LogP contribution in [0.2, 0.25) is 0 Å². The van der Waals surface area contributed by atoms with Crippen molar-refractivity contribution >= 4 is 69.0 Å². The first-order valence-electron chi connectivity index (χ1n) is 20.7. The number of unbranched alkanes of at least 4 members (excludes halogenated alkanes) is 3. The minimum Gasteiger partial charge on any atom is -0.341 e. The minimum absolute atomic E-state index is 0.0139. The Labute approximate surface area is 366 Å². The number of oxime groups is 2. The van der Waals surface area contributed by atoms with Gasteiger partial charge in [-0.25, -0.2) is 9.59 Å². The van der Waals surface area contributed by atoms with E-state index in [1.54, 1.807) is 48.2 Å². The van der Waals surface area contributed by atoms with E-state index in [0.717, 1.165) is 75.0 Å². The second-order valence-corrected chi connectivity index (χ2v) is 15.7. The first-order valence-corrected chi connectivity index (χ1v) is 21.6. The van der Waals surface area contributed by atoms with Gasteiger partial charge in [0.25, 0.3) is 0 Å². The predicted molar refractivity (Wildman–Crippen MR) is 248 cm³/mol. The van der Waals surface area contributed by atoms with Crippen molar-refractivity contribution in [3.05, 3.63) is 179 Å². The molecule has 1 aromatic heterocycles. The molecule has 0 aliphatic rings. The third kappa shape index (κ3) is 11.7. The van der Waals surface area contributed by atoms with Gasteiger partial charge in [0.15, 0.2) is 5.78 Å². The Kier molecular flexibility index (Phi) is 15.9. The normalized spacial score (nSPS) is 11.3. The lowest BCUT2D eigenvalue weighted by molar-refractivity contribution is -0.140. The van der Waals surface area contributed by atoms with Crippen molar-refractivity contribution in [2.75, 3.05) is 0 Å². The number of Topliss-reactive ketones (excluding diaryl/α,β-unsaturated/α-hetero) is 1. The molecule has 0 N–H and O–H groups in total. The predicted octanol–water partition coefficient (Wildman–Crippen LogP) is 12.5. The van der Waals surface area contributed by atoms with E-state index in [1.165, 1.54) is 13.1 Å². The van der Waals surface area contributed by atoms with Crippen molar-refractivity contribution < 1.29 is 28.9 Å². The van der Waals surface area contributed by atoms with E-state index in [1.807, 2.05) is 116 Å². The van der Waals surface area contributed by atoms with E-state index in [-0.39, 0.29) is 17.3 Å². The third-order valence-corrected chi connectivity index (χ3v) is 11.1. The summed E-state index contributed by atoms with van der Waals surface area (Å²) in [4.78, 5) is 61.4. The van der Waals surface area contributed by atoms with Gasteiger partial charge in [0.05, 0.1) is 11.8 Å². The number of carbonyl (C=O) groups is 4. The molecule has 6 aromatic carbocycles. The first kappa shape index (κ1) is 44.6. The Morgan fingerprint density at radius 2 is 1.27 bits per heavy atom. The van der Waals surface area contributed by atoms with Crippen LogP contribution in [0, 0.1) is 6.92 Å². The van der Waals surface area contributed by atoms with Gasteiger partial charge in [0, 0.05) is 61.8 Å². The lowest BCUT2D eigenvalue weighted by Gasteiger charge is -2.07. The summed E-state index contributed by atoms with van der Waals surface area (Å²) in [6.45, 7) is 8.30. The van der Waals surface area contributed by atoms with Crippen LogP contribution in [-0.2, 0) is 21.0 Å². The zero-order valence-electron chi connectivity index (χ0n) is 35.4. The van der Waals surface area contributed by atoms with Crippen LogP contribution in [0.5, 0.6) is 0 Å². The third-order valence-electron chi connectivity index (χ3n) is 10.1. The maximum Gasteiger partial charge on any atom is 0.365 e. The number of rotatable bonds is 16. The van der Waals surface area contributed by atoms with Crippen LogP contribution < -0.4 is 0 Å². The molecule has 0 amide bonds. The highest BCUT2D eigenvalue weighted by Crippen LogP contribution is 2.32. The molecule has 1 heterocycles. The van der Waals surface area contributed by atoms with E-state index in [0.29, 0.717) is 28.7 Å². The van der Waals surface area contributed by atoms with Crippen molar-refractivity contribution in [2.45, 2.75) is 76.1 Å². The molecule has 0 bridgehead atoms. The van der Waals surface area contributed by atoms with Crippen LogP contribution in [-0.4, -0.2) is 40.0 Å². The van der Waals surface area contributed by atoms with E-state index in [2.05, 4.69) is 33.6 Å². The number of benzene rings is 6. The van der Waals surface area contributed by atoms with Gasteiger partial charge >= 0.3 is 11.9 Å². The Morgan fingerprint density at radius 3 is 1.95 bits per heavy atom. The highest BCUT2D eigenvalue weighted by Gasteiger charge is 2.18. The highest BCUT2D eigenvalue weighted by atomic mass is 32.2. The molecule has 0 radical (unpaired) electrons. The number of carbonyl (C=O) groups excluding carboxylic acids is 4. The largest absolute Gasteiger partial charge is 0.365 e. The average molecular weight is 844 g/mol. The van der Waals surface area contributed by atoms with Gasteiger partial charge in [-0.1, -0.05) is 115 Å². The van der Waals surface area contributed by atoms with Gasteiger partial charge in [-0.3, -0.25) is 9.59 Å². The summed E-state index contributed by atoms with van der Waals surface area (Å²) in [6, 6.07) is 45.6. The molecular formula is C52H49N3O6S. The van der Waals surface area contributed by atoms with Crippen LogP contribution in [0.1, 0.15) is 101 Å². The monoisotopic (exact) mass is 843 g/mol. The van der Waals surface area contributed by atoms with E-state index >= 15 is 0 Å². The van der Waals surface area contributed by atoms with Crippen molar-refractivity contribution in [1.82, 2.24) is 4.57 Å². The number of ketones is 2. The van der Waals surface area contributed by atoms with Crippen molar-refractivity contribution in [2.24, 2.45) is 10.3 Å². The molecular weight excluding hydrogens is 795 g/mol. The van der Waals surface area contributed by atoms with E-state index in [9.17, 15) is 19.2 Å². The van der Waals surface area contributed by atoms with Gasteiger partial charge in [-0.2, -0.15) is 0 Å². The molecule has 0 atom stereocenters. The summed E-state index contributed by atoms with van der Waals surface area (Å²) < 4.78 is 2.22. The van der Waals surface area contributed by atoms with E-state index < -0.39 is 11.9 Å². The van der Waals surface area contributed by atoms with Crippen LogP contribution in [0.15, 0.2) is 166 Å². The van der Waals surface area contributed by atoms with Gasteiger partial charge < -0.3 is 14.2 Å². The highest BCUT2D eigenvalue weighted by molar-refractivity contribution is 7.99. The number of hydrogen-bond acceptors (Lipinski definition) is 9. The molecule has 0 fully saturated rings. The fourth-order valence-electron chi connectivity index (χ4n) is 6.94. The lowest BCUT2D eigenvalue weighted by atomic mass is 9.98. The number of nitrogens with zero attached hydrogens (tertiary/aromatic N) is 3. The first-order chi connectivity index (χ1) is 30.2. The summed E-state index contributed by atoms with van der Waals surface area (Å²) in [7, 11) is 0. The number of hydrogen-bond donors (Lipinski definition) is 0. The number of aromatic nitrogens is 1. The fraction of sp³-hybridized carbons (Fsp3) is 0.192. The topological polar surface area (TPSA) is 116 Å². The molecule has 0 saturated carbocycles. The lowest BCUT2D eigenvalue weighted by Crippen LogP contribution is -2.16. The minimum atomic E-state index is -0.570. The Bertz CT molecular complexity index is 2720. The number of aryl methyl sites for hydroxylation is 2. The molecule has 10 heteroatoms. The Balaban J connectivity index is 0.000000207. The summed E-state index contributed by atoms with van der Waals surface area (Å²) >= 11 is 1.64. The van der Waals surface area contributed by atoms with Crippen LogP contribution >= 0.6 is 11.8 Å². The van der Waals surface area contributed by atoms with Crippen LogP contribution in [0.3, 0.4) is 0 Å². The van der Waals surface area contributed by atoms with E-state index in [4.69, 9.17) is 4.84 Å². The molecule has 0 saturated heterocycles. The van der Waals surface area contributed by atoms with Gasteiger partial charge in [0.2, 0.25) is 5.78 Å². The molecule has 62 heavy (non-hydrogen) atoms. The number of fused-ring (bicyclic) bond motifs is 3. The maximum atomic E-state index is 13.1. The summed E-state index contributed by atoms with van der Waals surface area (Å²) in [5.41, 5.74) is 6.51. The second kappa shape index (κ2) is 22.1. The molecule has 0 aliphatic carbocycles. The molecule has 0 spiro atoms. The van der Waals surface area contributed by atoms with Crippen molar-refractivity contribution in [1.29, 1.82) is 0 Å². The quantitative estimate of drug-likeness (QED) is 0.0313. The summed E-state index contributed by atoms with van der Waals surface area (Å²) in [5.74, 6) is -1.23. The molecule has 9 nitrogen and oxygen atoms in total. The standard InChI is InChI=1S/C27H27NO3S.C25H22N2O3/c1-2-3-4-11-16-25(28-31-27(30)22-12-7-5-8-13-22)26(29)21-17-19-24(20-18-21)32-23-14-9-6-10-15-23;1-4-27-23-11-9-18(15-26-30-17(3)28)13-21(23)22-14-19(10-12-24(22)27)25(29)20-8-6-5-7-16(20)2/h5-10,12-15,17-20H,2-4,11,16H2,1H3;5-15H,4H2,1-3H3/b;26-15+. The van der Waals surface area contributed by atoms with Crippen LogP contribution in [0.25, 0.3) is 21.8 Å².